The maximum Gasteiger partial charge on any atom is 0.206 e. The number of nitrogens with zero attached hydrogens (tertiary/aromatic N) is 3. The molecule has 1 saturated carbocycles. The van der Waals surface area contributed by atoms with Crippen molar-refractivity contribution >= 4 is 5.95 Å². The number of rotatable bonds is 4. The first-order chi connectivity index (χ1) is 8.31. The minimum absolute atomic E-state index is 0.629. The molecule has 17 heavy (non-hydrogen) atoms. The minimum Gasteiger partial charge on any atom is -0.341 e. The van der Waals surface area contributed by atoms with Gasteiger partial charge in [0.05, 0.1) is 5.69 Å². The molecule has 1 N–H and O–H groups in total. The smallest absolute Gasteiger partial charge is 0.206 e. The van der Waals surface area contributed by atoms with Gasteiger partial charge in [-0.15, -0.1) is 0 Å². The quantitative estimate of drug-likeness (QED) is 0.858. The van der Waals surface area contributed by atoms with Crippen LogP contribution >= 0.6 is 0 Å². The number of likely N-dealkylation sites (N-methyl/N-ethyl adjacent to an activating group) is 1. The van der Waals surface area contributed by atoms with Gasteiger partial charge in [-0.05, 0) is 32.7 Å². The molecule has 2 fully saturated rings. The van der Waals surface area contributed by atoms with Gasteiger partial charge >= 0.3 is 0 Å². The Kier molecular flexibility index (Phi) is 2.82. The molecule has 3 rings (SSSR count). The lowest BCUT2D eigenvalue weighted by Crippen LogP contribution is -2.30. The number of anilines is 1. The molecular formula is C13H22N4. The maximum absolute atomic E-state index is 4.80. The molecule has 0 aromatic carbocycles. The molecule has 1 aliphatic carbocycles. The zero-order valence-electron chi connectivity index (χ0n) is 10.8. The number of imidazole rings is 1. The number of nitrogens with one attached hydrogen (secondary N) is 1. The van der Waals surface area contributed by atoms with Crippen molar-refractivity contribution in [2.45, 2.75) is 44.7 Å². The largest absolute Gasteiger partial charge is 0.341 e. The van der Waals surface area contributed by atoms with E-state index < -0.39 is 0 Å². The monoisotopic (exact) mass is 234 g/mol. The van der Waals surface area contributed by atoms with Crippen LogP contribution in [0, 0.1) is 0 Å². The molecule has 1 aromatic heterocycles. The first kappa shape index (κ1) is 11.1. The average molecular weight is 234 g/mol. The second kappa shape index (κ2) is 4.33. The van der Waals surface area contributed by atoms with Crippen LogP contribution in [-0.4, -0.2) is 35.7 Å². The molecule has 1 saturated heterocycles. The summed E-state index contributed by atoms with van der Waals surface area (Å²) in [7, 11) is 2.05. The summed E-state index contributed by atoms with van der Waals surface area (Å²) in [6.45, 7) is 4.42. The average Bonchev–Trinajstić information content (AvgIpc) is 2.95. The van der Waals surface area contributed by atoms with Crippen LogP contribution in [0.4, 0.5) is 5.95 Å². The van der Waals surface area contributed by atoms with E-state index >= 15 is 0 Å². The molecule has 4 heteroatoms. The van der Waals surface area contributed by atoms with Gasteiger partial charge in [-0.2, -0.15) is 0 Å². The normalized spacial score (nSPS) is 24.6. The van der Waals surface area contributed by atoms with Crippen LogP contribution < -0.4 is 10.2 Å². The topological polar surface area (TPSA) is 33.1 Å². The van der Waals surface area contributed by atoms with Crippen molar-refractivity contribution in [2.24, 2.45) is 0 Å². The molecule has 94 valence electrons. The van der Waals surface area contributed by atoms with E-state index in [0.717, 1.165) is 25.6 Å². The SMILES string of the molecule is CCc1cn(C2CC2)c(N2CCC(NC)C2)n1. The predicted molar refractivity (Wildman–Crippen MR) is 69.6 cm³/mol. The van der Waals surface area contributed by atoms with Crippen molar-refractivity contribution in [3.63, 3.8) is 0 Å². The van der Waals surface area contributed by atoms with Crippen LogP contribution in [0.5, 0.6) is 0 Å². The van der Waals surface area contributed by atoms with Crippen molar-refractivity contribution in [1.29, 1.82) is 0 Å². The van der Waals surface area contributed by atoms with Gasteiger partial charge in [0.25, 0.3) is 0 Å². The Hall–Kier alpha value is -1.03. The summed E-state index contributed by atoms with van der Waals surface area (Å²) in [5.74, 6) is 1.21. The van der Waals surface area contributed by atoms with E-state index in [1.54, 1.807) is 0 Å². The van der Waals surface area contributed by atoms with Gasteiger partial charge in [0.15, 0.2) is 0 Å². The minimum atomic E-state index is 0.629. The highest BCUT2D eigenvalue weighted by molar-refractivity contribution is 5.37. The second-order valence-corrected chi connectivity index (χ2v) is 5.24. The van der Waals surface area contributed by atoms with Gasteiger partial charge in [-0.25, -0.2) is 4.98 Å². The Morgan fingerprint density at radius 2 is 2.24 bits per heavy atom. The zero-order chi connectivity index (χ0) is 11.8. The van der Waals surface area contributed by atoms with Gasteiger partial charge < -0.3 is 14.8 Å². The van der Waals surface area contributed by atoms with E-state index in [4.69, 9.17) is 4.98 Å². The Bertz CT molecular complexity index is 394. The summed E-state index contributed by atoms with van der Waals surface area (Å²) >= 11 is 0. The van der Waals surface area contributed by atoms with Crippen LogP contribution in [0.15, 0.2) is 6.20 Å². The molecule has 1 aliphatic heterocycles. The first-order valence-electron chi connectivity index (χ1n) is 6.81. The van der Waals surface area contributed by atoms with E-state index in [-0.39, 0.29) is 0 Å². The van der Waals surface area contributed by atoms with Crippen LogP contribution in [0.2, 0.25) is 0 Å². The van der Waals surface area contributed by atoms with Gasteiger partial charge in [-0.3, -0.25) is 0 Å². The zero-order valence-corrected chi connectivity index (χ0v) is 10.8. The highest BCUT2D eigenvalue weighted by Gasteiger charge is 2.31. The summed E-state index contributed by atoms with van der Waals surface area (Å²) in [4.78, 5) is 7.24. The van der Waals surface area contributed by atoms with Crippen LogP contribution in [0.1, 0.15) is 37.9 Å². The number of aryl methyl sites for hydroxylation is 1. The second-order valence-electron chi connectivity index (χ2n) is 5.24. The van der Waals surface area contributed by atoms with Crippen LogP contribution in [0.25, 0.3) is 0 Å². The van der Waals surface area contributed by atoms with Gasteiger partial charge in [0.1, 0.15) is 0 Å². The molecule has 1 aromatic rings. The number of aromatic nitrogens is 2. The molecule has 0 amide bonds. The van der Waals surface area contributed by atoms with Crippen molar-refractivity contribution in [2.75, 3.05) is 25.0 Å². The lowest BCUT2D eigenvalue weighted by atomic mass is 10.3. The van der Waals surface area contributed by atoms with Crippen LogP contribution in [-0.2, 0) is 6.42 Å². The van der Waals surface area contributed by atoms with Crippen molar-refractivity contribution < 1.29 is 0 Å². The van der Waals surface area contributed by atoms with Crippen molar-refractivity contribution in [3.8, 4) is 0 Å². The van der Waals surface area contributed by atoms with Crippen LogP contribution in [0.3, 0.4) is 0 Å². The number of hydrogen-bond donors (Lipinski definition) is 1. The molecule has 4 nitrogen and oxygen atoms in total. The predicted octanol–water partition coefficient (Wildman–Crippen LogP) is 1.58. The van der Waals surface area contributed by atoms with E-state index in [2.05, 4.69) is 35.0 Å². The van der Waals surface area contributed by atoms with Gasteiger partial charge in [0.2, 0.25) is 5.95 Å². The fourth-order valence-corrected chi connectivity index (χ4v) is 2.64. The molecule has 1 unspecified atom stereocenters. The third kappa shape index (κ3) is 2.06. The summed E-state index contributed by atoms with van der Waals surface area (Å²) in [5, 5.41) is 3.37. The fourth-order valence-electron chi connectivity index (χ4n) is 2.64. The maximum atomic E-state index is 4.80. The van der Waals surface area contributed by atoms with E-state index in [1.807, 2.05) is 0 Å². The van der Waals surface area contributed by atoms with Gasteiger partial charge in [0, 0.05) is 31.4 Å². The highest BCUT2D eigenvalue weighted by Crippen LogP contribution is 2.38. The Morgan fingerprint density at radius 3 is 2.82 bits per heavy atom. The third-order valence-corrected chi connectivity index (χ3v) is 3.94. The Labute approximate surface area is 103 Å². The lowest BCUT2D eigenvalue weighted by Gasteiger charge is -2.18. The highest BCUT2D eigenvalue weighted by atomic mass is 15.3. The summed E-state index contributed by atoms with van der Waals surface area (Å²) in [5.41, 5.74) is 1.24. The molecule has 1 atom stereocenters. The molecular weight excluding hydrogens is 212 g/mol. The summed E-state index contributed by atoms with van der Waals surface area (Å²) < 4.78 is 2.41. The van der Waals surface area contributed by atoms with E-state index in [0.29, 0.717) is 6.04 Å². The van der Waals surface area contributed by atoms with Crippen molar-refractivity contribution in [1.82, 2.24) is 14.9 Å². The Balaban J connectivity index is 1.83. The lowest BCUT2D eigenvalue weighted by molar-refractivity contribution is 0.614. The molecule has 2 aliphatic rings. The fraction of sp³-hybridized carbons (Fsp3) is 0.769. The summed E-state index contributed by atoms with van der Waals surface area (Å²) in [6.07, 6.45) is 7.19. The van der Waals surface area contributed by atoms with E-state index in [9.17, 15) is 0 Å². The number of hydrogen-bond acceptors (Lipinski definition) is 3. The van der Waals surface area contributed by atoms with Crippen molar-refractivity contribution in [3.05, 3.63) is 11.9 Å². The molecule has 0 radical (unpaired) electrons. The first-order valence-corrected chi connectivity index (χ1v) is 6.81. The van der Waals surface area contributed by atoms with Gasteiger partial charge in [-0.1, -0.05) is 6.92 Å². The molecule has 0 spiro atoms. The Morgan fingerprint density at radius 1 is 1.41 bits per heavy atom. The van der Waals surface area contributed by atoms with E-state index in [1.165, 1.54) is 30.9 Å². The third-order valence-electron chi connectivity index (χ3n) is 3.94. The standard InChI is InChI=1S/C13H22N4/c1-3-10-9-17(12-4-5-12)13(15-10)16-7-6-11(8-16)14-2/h9,11-12,14H,3-8H2,1-2H3. The summed E-state index contributed by atoms with van der Waals surface area (Å²) in [6, 6.07) is 1.36. The molecule has 0 bridgehead atoms. The molecule has 2 heterocycles.